The van der Waals surface area contributed by atoms with Gasteiger partial charge in [-0.3, -0.25) is 4.98 Å². The predicted molar refractivity (Wildman–Crippen MR) is 116 cm³/mol. The summed E-state index contributed by atoms with van der Waals surface area (Å²) in [6.45, 7) is 6.39. The minimum atomic E-state index is 0.515. The van der Waals surface area contributed by atoms with E-state index in [2.05, 4.69) is 33.3 Å². The second kappa shape index (κ2) is 9.78. The third-order valence-corrected chi connectivity index (χ3v) is 4.57. The number of oxime groups is 2. The summed E-state index contributed by atoms with van der Waals surface area (Å²) in [5.74, 6) is 0. The zero-order valence-corrected chi connectivity index (χ0v) is 17.3. The fourth-order valence-electron chi connectivity index (χ4n) is 3.05. The average Bonchev–Trinajstić information content (AvgIpc) is 2.73. The molecule has 0 aliphatic rings. The van der Waals surface area contributed by atoms with Crippen molar-refractivity contribution in [2.45, 2.75) is 33.6 Å². The Morgan fingerprint density at radius 3 is 2.55 bits per heavy atom. The van der Waals surface area contributed by atoms with Crippen LogP contribution in [0.1, 0.15) is 42.9 Å². The molecule has 0 saturated carbocycles. The number of nitrogens with zero attached hydrogens (tertiary/aromatic N) is 4. The smallest absolute Gasteiger partial charge is 0.117 e. The molecular weight excluding hydrogens is 364 g/mol. The summed E-state index contributed by atoms with van der Waals surface area (Å²) in [6, 6.07) is 16.1. The molecule has 0 fully saturated rings. The monoisotopic (exact) mass is 390 g/mol. The lowest BCUT2D eigenvalue weighted by atomic mass is 10.1. The summed E-state index contributed by atoms with van der Waals surface area (Å²) in [5.41, 5.74) is 6.31. The maximum Gasteiger partial charge on any atom is 0.117 e. The van der Waals surface area contributed by atoms with Gasteiger partial charge in [0.1, 0.15) is 25.1 Å². The van der Waals surface area contributed by atoms with E-state index in [0.29, 0.717) is 6.61 Å². The lowest BCUT2D eigenvalue weighted by Gasteiger charge is -2.07. The fraction of sp³-hybridized carbons (Fsp3) is 0.304. The molecule has 1 aromatic carbocycles. The van der Waals surface area contributed by atoms with Crippen LogP contribution in [0.15, 0.2) is 58.8 Å². The van der Waals surface area contributed by atoms with Crippen LogP contribution in [0.25, 0.3) is 10.9 Å². The molecular formula is C23H26N4O2. The summed E-state index contributed by atoms with van der Waals surface area (Å²) in [4.78, 5) is 19.6. The molecule has 29 heavy (non-hydrogen) atoms. The lowest BCUT2D eigenvalue weighted by Crippen LogP contribution is -2.04. The topological polar surface area (TPSA) is 69.0 Å². The van der Waals surface area contributed by atoms with Crippen LogP contribution in [0, 0.1) is 6.92 Å². The molecule has 3 aromatic rings. The van der Waals surface area contributed by atoms with Crippen LogP contribution >= 0.6 is 0 Å². The number of aromatic nitrogens is 2. The molecule has 0 aliphatic heterocycles. The number of fused-ring (bicyclic) bond motifs is 1. The van der Waals surface area contributed by atoms with E-state index in [-0.39, 0.29) is 0 Å². The van der Waals surface area contributed by atoms with Gasteiger partial charge in [0.05, 0.1) is 16.9 Å². The Morgan fingerprint density at radius 1 is 0.931 bits per heavy atom. The molecule has 0 amide bonds. The maximum atomic E-state index is 5.52. The highest BCUT2D eigenvalue weighted by atomic mass is 16.6. The van der Waals surface area contributed by atoms with Crippen LogP contribution in [0.5, 0.6) is 0 Å². The SMILES string of the molecule is CON=C(C)c1cccc(CCCON=C(C)c2cc(C)c3ccccc3n2)n1. The molecule has 2 aromatic heterocycles. The van der Waals surface area contributed by atoms with E-state index in [9.17, 15) is 0 Å². The first kappa shape index (κ1) is 20.5. The number of rotatable bonds is 8. The van der Waals surface area contributed by atoms with Crippen molar-refractivity contribution in [3.63, 3.8) is 0 Å². The van der Waals surface area contributed by atoms with Crippen LogP contribution < -0.4 is 0 Å². The Kier molecular flexibility index (Phi) is 6.89. The van der Waals surface area contributed by atoms with E-state index in [4.69, 9.17) is 9.68 Å². The second-order valence-electron chi connectivity index (χ2n) is 6.83. The van der Waals surface area contributed by atoms with Crippen LogP contribution in [0.3, 0.4) is 0 Å². The highest BCUT2D eigenvalue weighted by molar-refractivity contribution is 5.99. The Labute approximate surface area is 171 Å². The highest BCUT2D eigenvalue weighted by Crippen LogP contribution is 2.17. The van der Waals surface area contributed by atoms with Gasteiger partial charge in [-0.15, -0.1) is 0 Å². The van der Waals surface area contributed by atoms with Crippen molar-refractivity contribution < 1.29 is 9.68 Å². The summed E-state index contributed by atoms with van der Waals surface area (Å²) in [6.07, 6.45) is 1.62. The Balaban J connectivity index is 1.56. The van der Waals surface area contributed by atoms with Crippen molar-refractivity contribution in [3.8, 4) is 0 Å². The largest absolute Gasteiger partial charge is 0.399 e. The third-order valence-electron chi connectivity index (χ3n) is 4.57. The van der Waals surface area contributed by atoms with Gasteiger partial charge in [-0.1, -0.05) is 34.6 Å². The molecule has 0 aliphatic carbocycles. The molecule has 6 heteroatoms. The van der Waals surface area contributed by atoms with Gasteiger partial charge >= 0.3 is 0 Å². The van der Waals surface area contributed by atoms with Gasteiger partial charge < -0.3 is 9.68 Å². The second-order valence-corrected chi connectivity index (χ2v) is 6.83. The van der Waals surface area contributed by atoms with Crippen molar-refractivity contribution in [2.24, 2.45) is 10.3 Å². The van der Waals surface area contributed by atoms with E-state index in [1.54, 1.807) is 0 Å². The predicted octanol–water partition coefficient (Wildman–Crippen LogP) is 4.68. The maximum absolute atomic E-state index is 5.52. The van der Waals surface area contributed by atoms with Crippen molar-refractivity contribution >= 4 is 22.3 Å². The first-order valence-corrected chi connectivity index (χ1v) is 9.66. The molecule has 0 bridgehead atoms. The Morgan fingerprint density at radius 2 is 1.72 bits per heavy atom. The van der Waals surface area contributed by atoms with Crippen LogP contribution in [-0.4, -0.2) is 35.1 Å². The number of para-hydroxylation sites is 1. The highest BCUT2D eigenvalue weighted by Gasteiger charge is 2.06. The minimum Gasteiger partial charge on any atom is -0.399 e. The van der Waals surface area contributed by atoms with Crippen molar-refractivity contribution in [1.29, 1.82) is 0 Å². The molecule has 6 nitrogen and oxygen atoms in total. The molecule has 3 rings (SSSR count). The minimum absolute atomic E-state index is 0.515. The van der Waals surface area contributed by atoms with Gasteiger partial charge in [-0.2, -0.15) is 0 Å². The zero-order valence-electron chi connectivity index (χ0n) is 17.3. The normalized spacial score (nSPS) is 12.3. The van der Waals surface area contributed by atoms with Crippen molar-refractivity contribution in [3.05, 3.63) is 71.2 Å². The fourth-order valence-corrected chi connectivity index (χ4v) is 3.05. The van der Waals surface area contributed by atoms with E-state index < -0.39 is 0 Å². The average molecular weight is 390 g/mol. The van der Waals surface area contributed by atoms with E-state index >= 15 is 0 Å². The molecule has 0 spiro atoms. The number of aryl methyl sites for hydroxylation is 2. The van der Waals surface area contributed by atoms with E-state index in [0.717, 1.165) is 52.2 Å². The number of pyridine rings is 2. The summed E-state index contributed by atoms with van der Waals surface area (Å²) < 4.78 is 0. The Bertz CT molecular complexity index is 1040. The molecule has 0 N–H and O–H groups in total. The quantitative estimate of drug-likeness (QED) is 0.318. The van der Waals surface area contributed by atoms with Crippen LogP contribution in [-0.2, 0) is 16.1 Å². The summed E-state index contributed by atoms with van der Waals surface area (Å²) in [5, 5.41) is 9.32. The molecule has 2 heterocycles. The summed E-state index contributed by atoms with van der Waals surface area (Å²) in [7, 11) is 1.53. The first-order chi connectivity index (χ1) is 14.1. The number of benzene rings is 1. The van der Waals surface area contributed by atoms with Gasteiger partial charge in [-0.05, 0) is 63.4 Å². The third kappa shape index (κ3) is 5.38. The van der Waals surface area contributed by atoms with Crippen molar-refractivity contribution in [1.82, 2.24) is 9.97 Å². The molecule has 0 saturated heterocycles. The van der Waals surface area contributed by atoms with Gasteiger partial charge in [0, 0.05) is 11.1 Å². The number of hydrogen-bond acceptors (Lipinski definition) is 6. The lowest BCUT2D eigenvalue weighted by molar-refractivity contribution is 0.141. The van der Waals surface area contributed by atoms with Crippen LogP contribution in [0.2, 0.25) is 0 Å². The van der Waals surface area contributed by atoms with Gasteiger partial charge in [0.2, 0.25) is 0 Å². The van der Waals surface area contributed by atoms with E-state index in [1.165, 1.54) is 12.7 Å². The van der Waals surface area contributed by atoms with E-state index in [1.807, 2.05) is 56.3 Å². The number of hydrogen-bond donors (Lipinski definition) is 0. The zero-order chi connectivity index (χ0) is 20.6. The molecule has 0 radical (unpaired) electrons. The standard InChI is InChI=1S/C23H26N4O2/c1-16-15-23(25-22-12-6-5-11-20(16)22)18(3)27-29-14-8-10-19-9-7-13-21(24-19)17(2)26-28-4/h5-7,9,11-13,15H,8,10,14H2,1-4H3. The molecule has 0 unspecified atom stereocenters. The van der Waals surface area contributed by atoms with Gasteiger partial charge in [0.15, 0.2) is 0 Å². The first-order valence-electron chi connectivity index (χ1n) is 9.66. The molecule has 150 valence electrons. The van der Waals surface area contributed by atoms with Crippen LogP contribution in [0.4, 0.5) is 0 Å². The van der Waals surface area contributed by atoms with Gasteiger partial charge in [-0.25, -0.2) is 4.98 Å². The Hall–Kier alpha value is -3.28. The van der Waals surface area contributed by atoms with Crippen molar-refractivity contribution in [2.75, 3.05) is 13.7 Å². The van der Waals surface area contributed by atoms with Gasteiger partial charge in [0.25, 0.3) is 0 Å². The molecule has 0 atom stereocenters. The summed E-state index contributed by atoms with van der Waals surface area (Å²) >= 11 is 0.